The normalized spacial score (nSPS) is 18.6. The Kier molecular flexibility index (Phi) is 5.46. The molecule has 6 heteroatoms. The van der Waals surface area contributed by atoms with Crippen molar-refractivity contribution in [1.82, 2.24) is 14.9 Å². The number of aryl methyl sites for hydroxylation is 3. The fourth-order valence-corrected chi connectivity index (χ4v) is 4.76. The summed E-state index contributed by atoms with van der Waals surface area (Å²) in [4.78, 5) is 24.2. The van der Waals surface area contributed by atoms with E-state index in [1.807, 2.05) is 63.2 Å². The highest BCUT2D eigenvalue weighted by atomic mass is 16.5. The standard InChI is InChI=1S/C27H27N3O3/c1-16-11-17(2)26-21(13-18(3)29-23(26)12-16)27(32)30-10-8-25(24(31)15-30)33-20-6-7-22-19(14-20)5-4-9-28-22/h4-7,9,11-14,24-25,31H,8,10,15H2,1-3H3/t24-,25-/m1/s1. The molecule has 0 unspecified atom stereocenters. The number of hydrogen-bond donors (Lipinski definition) is 1. The molecule has 2 aromatic carbocycles. The topological polar surface area (TPSA) is 75.6 Å². The number of nitrogens with zero attached hydrogens (tertiary/aromatic N) is 3. The number of aliphatic hydroxyl groups excluding tert-OH is 1. The zero-order valence-electron chi connectivity index (χ0n) is 19.1. The summed E-state index contributed by atoms with van der Waals surface area (Å²) in [6, 6.07) is 15.5. The van der Waals surface area contributed by atoms with Gasteiger partial charge in [0.15, 0.2) is 0 Å². The van der Waals surface area contributed by atoms with Gasteiger partial charge in [-0.2, -0.15) is 0 Å². The highest BCUT2D eigenvalue weighted by Crippen LogP contribution is 2.28. The summed E-state index contributed by atoms with van der Waals surface area (Å²) in [7, 11) is 0. The molecular formula is C27H27N3O3. The molecule has 0 spiro atoms. The number of ether oxygens (including phenoxy) is 1. The van der Waals surface area contributed by atoms with Gasteiger partial charge in [-0.15, -0.1) is 0 Å². The lowest BCUT2D eigenvalue weighted by Gasteiger charge is -2.36. The number of amides is 1. The van der Waals surface area contributed by atoms with Crippen LogP contribution < -0.4 is 4.74 Å². The molecule has 1 N–H and O–H groups in total. The van der Waals surface area contributed by atoms with Gasteiger partial charge in [-0.1, -0.05) is 12.1 Å². The lowest BCUT2D eigenvalue weighted by atomic mass is 9.98. The molecule has 33 heavy (non-hydrogen) atoms. The first-order chi connectivity index (χ1) is 15.9. The largest absolute Gasteiger partial charge is 0.488 e. The number of fused-ring (bicyclic) bond motifs is 2. The molecule has 2 aromatic heterocycles. The number of pyridine rings is 2. The fraction of sp³-hybridized carbons (Fsp3) is 0.296. The van der Waals surface area contributed by atoms with Crippen LogP contribution >= 0.6 is 0 Å². The highest BCUT2D eigenvalue weighted by Gasteiger charge is 2.33. The SMILES string of the molecule is Cc1cc(C)c2c(C(=O)N3CC[C@@H](Oc4ccc5ncccc5c4)[C@H](O)C3)cc(C)nc2c1. The third kappa shape index (κ3) is 4.14. The molecular weight excluding hydrogens is 414 g/mol. The van der Waals surface area contributed by atoms with E-state index in [4.69, 9.17) is 4.74 Å². The van der Waals surface area contributed by atoms with E-state index in [-0.39, 0.29) is 18.6 Å². The van der Waals surface area contributed by atoms with Gasteiger partial charge in [-0.05, 0) is 68.3 Å². The summed E-state index contributed by atoms with van der Waals surface area (Å²) in [5, 5.41) is 12.7. The van der Waals surface area contributed by atoms with Crippen molar-refractivity contribution >= 4 is 27.7 Å². The Labute approximate surface area is 192 Å². The molecule has 2 atom stereocenters. The smallest absolute Gasteiger partial charge is 0.254 e. The Balaban J connectivity index is 1.35. The van der Waals surface area contributed by atoms with E-state index in [0.29, 0.717) is 24.3 Å². The van der Waals surface area contributed by atoms with E-state index in [1.165, 1.54) is 0 Å². The van der Waals surface area contributed by atoms with Crippen molar-refractivity contribution in [3.63, 3.8) is 0 Å². The van der Waals surface area contributed by atoms with Crippen molar-refractivity contribution < 1.29 is 14.6 Å². The minimum Gasteiger partial charge on any atom is -0.488 e. The first-order valence-electron chi connectivity index (χ1n) is 11.3. The van der Waals surface area contributed by atoms with Gasteiger partial charge in [0.05, 0.1) is 23.1 Å². The van der Waals surface area contributed by atoms with Gasteiger partial charge in [-0.25, -0.2) is 0 Å². The fourth-order valence-electron chi connectivity index (χ4n) is 4.76. The van der Waals surface area contributed by atoms with Crippen LogP contribution in [-0.4, -0.2) is 51.2 Å². The number of aliphatic hydroxyl groups is 1. The zero-order chi connectivity index (χ0) is 23.1. The van der Waals surface area contributed by atoms with Crippen LogP contribution in [-0.2, 0) is 0 Å². The molecule has 1 aliphatic heterocycles. The number of likely N-dealkylation sites (tertiary alicyclic amines) is 1. The highest BCUT2D eigenvalue weighted by molar-refractivity contribution is 6.07. The molecule has 3 heterocycles. The maximum atomic E-state index is 13.5. The summed E-state index contributed by atoms with van der Waals surface area (Å²) in [5.41, 5.74) is 5.33. The van der Waals surface area contributed by atoms with Crippen LogP contribution in [0.5, 0.6) is 5.75 Å². The van der Waals surface area contributed by atoms with Crippen LogP contribution in [0.25, 0.3) is 21.8 Å². The van der Waals surface area contributed by atoms with Gasteiger partial charge in [0.1, 0.15) is 18.0 Å². The molecule has 4 aromatic rings. The van der Waals surface area contributed by atoms with Gasteiger partial charge in [0.2, 0.25) is 0 Å². The molecule has 0 aliphatic carbocycles. The van der Waals surface area contributed by atoms with E-state index in [0.717, 1.165) is 38.6 Å². The summed E-state index contributed by atoms with van der Waals surface area (Å²) in [6.07, 6.45) is 1.17. The number of aromatic nitrogens is 2. The van der Waals surface area contributed by atoms with Crippen LogP contribution in [0.3, 0.4) is 0 Å². The summed E-state index contributed by atoms with van der Waals surface area (Å²) < 4.78 is 6.11. The van der Waals surface area contributed by atoms with Crippen LogP contribution in [0.15, 0.2) is 54.7 Å². The number of piperidine rings is 1. The summed E-state index contributed by atoms with van der Waals surface area (Å²) in [5.74, 6) is 0.618. The number of carbonyl (C=O) groups excluding carboxylic acids is 1. The van der Waals surface area contributed by atoms with Crippen molar-refractivity contribution in [2.75, 3.05) is 13.1 Å². The average molecular weight is 442 g/mol. The van der Waals surface area contributed by atoms with Gasteiger partial charge in [-0.3, -0.25) is 14.8 Å². The molecule has 1 amide bonds. The van der Waals surface area contributed by atoms with E-state index in [1.54, 1.807) is 11.1 Å². The number of β-amino-alcohol motifs (C(OH)–C–C–N with tert-alkyl or cyclic N) is 1. The Morgan fingerprint density at radius 2 is 1.94 bits per heavy atom. The summed E-state index contributed by atoms with van der Waals surface area (Å²) in [6.45, 7) is 6.69. The molecule has 1 saturated heterocycles. The second kappa shape index (κ2) is 8.45. The number of benzene rings is 2. The van der Waals surface area contributed by atoms with Crippen molar-refractivity contribution in [2.24, 2.45) is 0 Å². The maximum absolute atomic E-state index is 13.5. The van der Waals surface area contributed by atoms with Crippen LogP contribution in [0.2, 0.25) is 0 Å². The van der Waals surface area contributed by atoms with E-state index in [2.05, 4.69) is 16.0 Å². The average Bonchev–Trinajstić information content (AvgIpc) is 2.78. The van der Waals surface area contributed by atoms with E-state index < -0.39 is 6.10 Å². The third-order valence-electron chi connectivity index (χ3n) is 6.28. The van der Waals surface area contributed by atoms with Crippen LogP contribution in [0, 0.1) is 20.8 Å². The second-order valence-electron chi connectivity index (χ2n) is 8.91. The minimum atomic E-state index is -0.773. The molecule has 168 valence electrons. The Bertz CT molecular complexity index is 1360. The maximum Gasteiger partial charge on any atom is 0.254 e. The van der Waals surface area contributed by atoms with Gasteiger partial charge in [0.25, 0.3) is 5.91 Å². The van der Waals surface area contributed by atoms with Crippen LogP contribution in [0.4, 0.5) is 0 Å². The van der Waals surface area contributed by atoms with E-state index in [9.17, 15) is 9.90 Å². The molecule has 0 saturated carbocycles. The van der Waals surface area contributed by atoms with Crippen LogP contribution in [0.1, 0.15) is 33.6 Å². The van der Waals surface area contributed by atoms with Crippen molar-refractivity contribution in [3.05, 3.63) is 77.1 Å². The molecule has 1 fully saturated rings. The first kappa shape index (κ1) is 21.3. The second-order valence-corrected chi connectivity index (χ2v) is 8.91. The Morgan fingerprint density at radius 3 is 2.76 bits per heavy atom. The van der Waals surface area contributed by atoms with Gasteiger partial charge < -0.3 is 14.7 Å². The molecule has 6 nitrogen and oxygen atoms in total. The predicted octanol–water partition coefficient (Wildman–Crippen LogP) is 4.36. The lowest BCUT2D eigenvalue weighted by Crippen LogP contribution is -2.51. The van der Waals surface area contributed by atoms with Gasteiger partial charge >= 0.3 is 0 Å². The molecule has 1 aliphatic rings. The predicted molar refractivity (Wildman–Crippen MR) is 129 cm³/mol. The van der Waals surface area contributed by atoms with E-state index >= 15 is 0 Å². The Hall–Kier alpha value is -3.51. The first-order valence-corrected chi connectivity index (χ1v) is 11.3. The van der Waals surface area contributed by atoms with Crippen molar-refractivity contribution in [2.45, 2.75) is 39.4 Å². The summed E-state index contributed by atoms with van der Waals surface area (Å²) >= 11 is 0. The number of carbonyl (C=O) groups is 1. The molecule has 5 rings (SSSR count). The quantitative estimate of drug-likeness (QED) is 0.511. The minimum absolute atomic E-state index is 0.0771. The van der Waals surface area contributed by atoms with Crippen molar-refractivity contribution in [1.29, 1.82) is 0 Å². The Morgan fingerprint density at radius 1 is 1.09 bits per heavy atom. The monoisotopic (exact) mass is 441 g/mol. The van der Waals surface area contributed by atoms with Crippen molar-refractivity contribution in [3.8, 4) is 5.75 Å². The number of hydrogen-bond acceptors (Lipinski definition) is 5. The molecule has 0 radical (unpaired) electrons. The lowest BCUT2D eigenvalue weighted by molar-refractivity contribution is -0.0197. The molecule has 0 bridgehead atoms. The third-order valence-corrected chi connectivity index (χ3v) is 6.28. The number of rotatable bonds is 3. The zero-order valence-corrected chi connectivity index (χ0v) is 19.1. The van der Waals surface area contributed by atoms with Gasteiger partial charge in [0, 0.05) is 35.6 Å².